The predicted molar refractivity (Wildman–Crippen MR) is 65.6 cm³/mol. The van der Waals surface area contributed by atoms with E-state index in [1.807, 2.05) is 0 Å². The maximum absolute atomic E-state index is 11.7. The maximum Gasteiger partial charge on any atom is 0.134 e. The molecule has 0 saturated carbocycles. The van der Waals surface area contributed by atoms with E-state index < -0.39 is 0 Å². The Morgan fingerprint density at radius 1 is 1.31 bits per heavy atom. The fraction of sp³-hybridized carbons (Fsp3) is 0.923. The average molecular weight is 227 g/mol. The molecule has 3 heteroatoms. The molecule has 0 spiro atoms. The molecule has 1 unspecified atom stereocenters. The van der Waals surface area contributed by atoms with Crippen LogP contribution in [0.1, 0.15) is 46.0 Å². The van der Waals surface area contributed by atoms with Crippen molar-refractivity contribution in [2.75, 3.05) is 26.2 Å². The Kier molecular flexibility index (Phi) is 6.65. The third-order valence-electron chi connectivity index (χ3n) is 3.37. The van der Waals surface area contributed by atoms with Crippen molar-refractivity contribution in [3.63, 3.8) is 0 Å². The minimum Gasteiger partial charge on any atom is -0.378 e. The molecular weight excluding hydrogens is 202 g/mol. The summed E-state index contributed by atoms with van der Waals surface area (Å²) >= 11 is 0. The highest BCUT2D eigenvalue weighted by molar-refractivity contribution is 5.78. The van der Waals surface area contributed by atoms with E-state index >= 15 is 0 Å². The van der Waals surface area contributed by atoms with Gasteiger partial charge in [-0.2, -0.15) is 0 Å². The second-order valence-electron chi connectivity index (χ2n) is 4.49. The van der Waals surface area contributed by atoms with Crippen LogP contribution in [0.25, 0.3) is 0 Å². The zero-order valence-corrected chi connectivity index (χ0v) is 10.7. The van der Waals surface area contributed by atoms with Crippen LogP contribution in [0.4, 0.5) is 0 Å². The minimum absolute atomic E-state index is 0.359. The lowest BCUT2D eigenvalue weighted by Gasteiger charge is -2.17. The van der Waals surface area contributed by atoms with Crippen LogP contribution in [-0.4, -0.2) is 43.0 Å². The predicted octanol–water partition coefficient (Wildman–Crippen LogP) is 2.25. The minimum atomic E-state index is 0.359. The van der Waals surface area contributed by atoms with Gasteiger partial charge in [0.1, 0.15) is 5.78 Å². The summed E-state index contributed by atoms with van der Waals surface area (Å²) in [6.45, 7) is 8.15. The number of hydrogen-bond donors (Lipinski definition) is 0. The molecule has 0 aliphatic carbocycles. The Morgan fingerprint density at radius 2 is 2.06 bits per heavy atom. The Bertz CT molecular complexity index is 188. The van der Waals surface area contributed by atoms with E-state index in [0.29, 0.717) is 24.7 Å². The van der Waals surface area contributed by atoms with E-state index in [9.17, 15) is 4.79 Å². The molecule has 0 aromatic rings. The summed E-state index contributed by atoms with van der Waals surface area (Å²) < 4.78 is 5.51. The molecule has 0 aromatic carbocycles. The quantitative estimate of drug-likeness (QED) is 0.637. The molecule has 16 heavy (non-hydrogen) atoms. The molecule has 1 aliphatic rings. The van der Waals surface area contributed by atoms with Crippen LogP contribution in [-0.2, 0) is 9.53 Å². The molecule has 0 aromatic heterocycles. The number of nitrogens with zero attached hydrogens (tertiary/aromatic N) is 1. The van der Waals surface area contributed by atoms with Gasteiger partial charge in [-0.1, -0.05) is 13.8 Å². The van der Waals surface area contributed by atoms with Gasteiger partial charge in [0.15, 0.2) is 0 Å². The Hall–Kier alpha value is -0.410. The topological polar surface area (TPSA) is 29.5 Å². The molecule has 1 saturated heterocycles. The summed E-state index contributed by atoms with van der Waals surface area (Å²) in [5.74, 6) is 0.391. The van der Waals surface area contributed by atoms with Crippen LogP contribution in [0.15, 0.2) is 0 Å². The van der Waals surface area contributed by atoms with E-state index in [4.69, 9.17) is 4.74 Å². The number of hydrogen-bond acceptors (Lipinski definition) is 3. The fourth-order valence-electron chi connectivity index (χ4n) is 2.14. The van der Waals surface area contributed by atoms with Crippen molar-refractivity contribution in [3.05, 3.63) is 0 Å². The van der Waals surface area contributed by atoms with Crippen LogP contribution >= 0.6 is 0 Å². The van der Waals surface area contributed by atoms with Crippen molar-refractivity contribution in [1.29, 1.82) is 0 Å². The van der Waals surface area contributed by atoms with Gasteiger partial charge in [0.25, 0.3) is 0 Å². The summed E-state index contributed by atoms with van der Waals surface area (Å²) in [5.41, 5.74) is 0. The van der Waals surface area contributed by atoms with Crippen LogP contribution in [0, 0.1) is 0 Å². The standard InChI is InChI=1S/C13H25NO2/c1-3-14(4-2)10-9-12(15)7-8-13-6-5-11-16-13/h13H,3-11H2,1-2H3. The van der Waals surface area contributed by atoms with E-state index in [1.54, 1.807) is 0 Å². The summed E-state index contributed by atoms with van der Waals surface area (Å²) in [6.07, 6.45) is 5.00. The number of ketones is 1. The van der Waals surface area contributed by atoms with Gasteiger partial charge in [-0.3, -0.25) is 4.79 Å². The van der Waals surface area contributed by atoms with Crippen molar-refractivity contribution in [3.8, 4) is 0 Å². The summed E-state index contributed by atoms with van der Waals surface area (Å²) in [4.78, 5) is 13.9. The monoisotopic (exact) mass is 227 g/mol. The third-order valence-corrected chi connectivity index (χ3v) is 3.37. The van der Waals surface area contributed by atoms with Gasteiger partial charge < -0.3 is 9.64 Å². The fourth-order valence-corrected chi connectivity index (χ4v) is 2.14. The number of carbonyl (C=O) groups excluding carboxylic acids is 1. The molecule has 1 aliphatic heterocycles. The van der Waals surface area contributed by atoms with Gasteiger partial charge in [0.05, 0.1) is 6.10 Å². The first-order chi connectivity index (χ1) is 7.76. The van der Waals surface area contributed by atoms with Crippen molar-refractivity contribution < 1.29 is 9.53 Å². The van der Waals surface area contributed by atoms with E-state index in [1.165, 1.54) is 0 Å². The average Bonchev–Trinajstić information content (AvgIpc) is 2.80. The highest BCUT2D eigenvalue weighted by Crippen LogP contribution is 2.17. The highest BCUT2D eigenvalue weighted by Gasteiger charge is 2.16. The molecule has 0 radical (unpaired) electrons. The van der Waals surface area contributed by atoms with Gasteiger partial charge in [-0.15, -0.1) is 0 Å². The lowest BCUT2D eigenvalue weighted by molar-refractivity contribution is -0.120. The maximum atomic E-state index is 11.7. The number of ether oxygens (including phenoxy) is 1. The van der Waals surface area contributed by atoms with Crippen molar-refractivity contribution >= 4 is 5.78 Å². The second kappa shape index (κ2) is 7.80. The van der Waals surface area contributed by atoms with Gasteiger partial charge >= 0.3 is 0 Å². The molecule has 0 amide bonds. The molecule has 3 nitrogen and oxygen atoms in total. The molecule has 0 N–H and O–H groups in total. The second-order valence-corrected chi connectivity index (χ2v) is 4.49. The van der Waals surface area contributed by atoms with Crippen molar-refractivity contribution in [2.24, 2.45) is 0 Å². The molecule has 1 heterocycles. The smallest absolute Gasteiger partial charge is 0.134 e. The lowest BCUT2D eigenvalue weighted by Crippen LogP contribution is -2.25. The van der Waals surface area contributed by atoms with Gasteiger partial charge in [-0.25, -0.2) is 0 Å². The summed E-state index contributed by atoms with van der Waals surface area (Å²) in [5, 5.41) is 0. The molecule has 94 valence electrons. The zero-order chi connectivity index (χ0) is 11.8. The Balaban J connectivity index is 2.05. The Morgan fingerprint density at radius 3 is 2.62 bits per heavy atom. The molecular formula is C13H25NO2. The van der Waals surface area contributed by atoms with Gasteiger partial charge in [-0.05, 0) is 32.4 Å². The SMILES string of the molecule is CCN(CC)CCC(=O)CCC1CCCO1. The van der Waals surface area contributed by atoms with Crippen molar-refractivity contribution in [1.82, 2.24) is 4.90 Å². The summed E-state index contributed by atoms with van der Waals surface area (Å²) in [7, 11) is 0. The van der Waals surface area contributed by atoms with Crippen LogP contribution in [0.2, 0.25) is 0 Å². The molecule has 1 rings (SSSR count). The molecule has 1 atom stereocenters. The van der Waals surface area contributed by atoms with E-state index in [-0.39, 0.29) is 0 Å². The van der Waals surface area contributed by atoms with Gasteiger partial charge in [0.2, 0.25) is 0 Å². The largest absolute Gasteiger partial charge is 0.378 e. The van der Waals surface area contributed by atoms with Gasteiger partial charge in [0, 0.05) is 26.0 Å². The summed E-state index contributed by atoms with van der Waals surface area (Å²) in [6, 6.07) is 0. The first kappa shape index (κ1) is 13.7. The lowest BCUT2D eigenvalue weighted by atomic mass is 10.1. The van der Waals surface area contributed by atoms with Crippen LogP contribution in [0.3, 0.4) is 0 Å². The first-order valence-electron chi connectivity index (χ1n) is 6.62. The van der Waals surface area contributed by atoms with Crippen LogP contribution in [0.5, 0.6) is 0 Å². The normalized spacial score (nSPS) is 20.6. The Labute approximate surface area is 99.1 Å². The zero-order valence-electron chi connectivity index (χ0n) is 10.7. The molecule has 1 fully saturated rings. The van der Waals surface area contributed by atoms with E-state index in [0.717, 1.165) is 45.5 Å². The molecule has 0 bridgehead atoms. The van der Waals surface area contributed by atoms with Crippen molar-refractivity contribution in [2.45, 2.75) is 52.1 Å². The van der Waals surface area contributed by atoms with E-state index in [2.05, 4.69) is 18.7 Å². The number of rotatable bonds is 8. The highest BCUT2D eigenvalue weighted by atomic mass is 16.5. The number of Topliss-reactive ketones (excluding diaryl/α,β-unsaturated/α-hetero) is 1. The first-order valence-corrected chi connectivity index (χ1v) is 6.62. The van der Waals surface area contributed by atoms with Crippen LogP contribution < -0.4 is 0 Å². The third kappa shape index (κ3) is 5.08. The number of carbonyl (C=O) groups is 1.